The van der Waals surface area contributed by atoms with E-state index in [-0.39, 0.29) is 12.6 Å². The minimum Gasteiger partial charge on any atom is -0.392 e. The van der Waals surface area contributed by atoms with E-state index in [2.05, 4.69) is 0 Å². The van der Waals surface area contributed by atoms with Crippen molar-refractivity contribution in [1.82, 2.24) is 0 Å². The van der Waals surface area contributed by atoms with Crippen LogP contribution in [0.2, 0.25) is 5.02 Å². The highest BCUT2D eigenvalue weighted by molar-refractivity contribution is 7.99. The third-order valence-corrected chi connectivity index (χ3v) is 4.55. The van der Waals surface area contributed by atoms with E-state index in [9.17, 15) is 5.11 Å². The molecule has 0 heterocycles. The van der Waals surface area contributed by atoms with Gasteiger partial charge in [0, 0.05) is 15.8 Å². The van der Waals surface area contributed by atoms with Crippen LogP contribution in [0.4, 0.5) is 0 Å². The summed E-state index contributed by atoms with van der Waals surface area (Å²) in [6.45, 7) is 1.95. The van der Waals surface area contributed by atoms with Crippen molar-refractivity contribution >= 4 is 23.4 Å². The molecular formula is C15H16ClNOS. The molecule has 2 aromatic rings. The number of hydrogen-bond acceptors (Lipinski definition) is 3. The highest BCUT2D eigenvalue weighted by atomic mass is 35.5. The molecule has 0 fully saturated rings. The number of nitrogens with two attached hydrogens (primary N) is 1. The molecule has 100 valence electrons. The molecule has 2 rings (SSSR count). The van der Waals surface area contributed by atoms with Crippen LogP contribution in [0.5, 0.6) is 0 Å². The maximum Gasteiger partial charge on any atom is 0.0692 e. The lowest BCUT2D eigenvalue weighted by Gasteiger charge is -2.15. The summed E-state index contributed by atoms with van der Waals surface area (Å²) in [6, 6.07) is 13.4. The molecule has 19 heavy (non-hydrogen) atoms. The Morgan fingerprint density at radius 3 is 2.63 bits per heavy atom. The van der Waals surface area contributed by atoms with Gasteiger partial charge in [-0.2, -0.15) is 0 Å². The SMILES string of the molecule is CC(N)c1cccc(Cl)c1Sc1ccccc1CO. The molecule has 0 aliphatic carbocycles. The lowest BCUT2D eigenvalue weighted by molar-refractivity contribution is 0.279. The van der Waals surface area contributed by atoms with Gasteiger partial charge in [-0.25, -0.2) is 0 Å². The van der Waals surface area contributed by atoms with Crippen LogP contribution in [-0.2, 0) is 6.61 Å². The lowest BCUT2D eigenvalue weighted by atomic mass is 10.1. The number of aliphatic hydroxyl groups is 1. The van der Waals surface area contributed by atoms with E-state index in [0.717, 1.165) is 20.9 Å². The summed E-state index contributed by atoms with van der Waals surface area (Å²) in [5.74, 6) is 0. The van der Waals surface area contributed by atoms with Gasteiger partial charge in [-0.3, -0.25) is 0 Å². The smallest absolute Gasteiger partial charge is 0.0692 e. The Morgan fingerprint density at radius 2 is 1.95 bits per heavy atom. The lowest BCUT2D eigenvalue weighted by Crippen LogP contribution is -2.06. The molecular weight excluding hydrogens is 278 g/mol. The van der Waals surface area contributed by atoms with Crippen LogP contribution in [0.1, 0.15) is 24.1 Å². The summed E-state index contributed by atoms with van der Waals surface area (Å²) in [7, 11) is 0. The fourth-order valence-electron chi connectivity index (χ4n) is 1.84. The summed E-state index contributed by atoms with van der Waals surface area (Å²) < 4.78 is 0. The van der Waals surface area contributed by atoms with Gasteiger partial charge in [0.25, 0.3) is 0 Å². The molecule has 3 N–H and O–H groups in total. The molecule has 2 nitrogen and oxygen atoms in total. The molecule has 0 aliphatic rings. The molecule has 0 spiro atoms. The van der Waals surface area contributed by atoms with Crippen LogP contribution in [0.3, 0.4) is 0 Å². The molecule has 1 unspecified atom stereocenters. The quantitative estimate of drug-likeness (QED) is 0.895. The van der Waals surface area contributed by atoms with Gasteiger partial charge in [0.15, 0.2) is 0 Å². The Kier molecular flexibility index (Phi) is 4.88. The second kappa shape index (κ2) is 6.44. The number of hydrogen-bond donors (Lipinski definition) is 2. The first-order valence-corrected chi connectivity index (χ1v) is 7.23. The molecule has 0 amide bonds. The summed E-state index contributed by atoms with van der Waals surface area (Å²) >= 11 is 7.83. The molecule has 4 heteroatoms. The fourth-order valence-corrected chi connectivity index (χ4v) is 3.30. The first-order valence-electron chi connectivity index (χ1n) is 6.04. The minimum atomic E-state index is -0.0810. The van der Waals surface area contributed by atoms with Crippen molar-refractivity contribution in [2.45, 2.75) is 29.4 Å². The fraction of sp³-hybridized carbons (Fsp3) is 0.200. The first kappa shape index (κ1) is 14.4. The molecule has 0 saturated carbocycles. The second-order valence-electron chi connectivity index (χ2n) is 4.31. The van der Waals surface area contributed by atoms with Gasteiger partial charge in [-0.15, -0.1) is 0 Å². The maximum atomic E-state index is 9.37. The zero-order valence-electron chi connectivity index (χ0n) is 10.6. The van der Waals surface area contributed by atoms with Crippen molar-refractivity contribution in [2.75, 3.05) is 0 Å². The van der Waals surface area contributed by atoms with Crippen molar-refractivity contribution in [3.05, 3.63) is 58.6 Å². The molecule has 1 atom stereocenters. The van der Waals surface area contributed by atoms with Gasteiger partial charge in [-0.05, 0) is 30.2 Å². The van der Waals surface area contributed by atoms with Gasteiger partial charge < -0.3 is 10.8 Å². The largest absolute Gasteiger partial charge is 0.392 e. The van der Waals surface area contributed by atoms with E-state index in [4.69, 9.17) is 17.3 Å². The molecule has 0 aliphatic heterocycles. The summed E-state index contributed by atoms with van der Waals surface area (Å²) in [6.07, 6.45) is 0. The Morgan fingerprint density at radius 1 is 1.21 bits per heavy atom. The van der Waals surface area contributed by atoms with Gasteiger partial charge in [0.2, 0.25) is 0 Å². The molecule has 0 aromatic heterocycles. The van der Waals surface area contributed by atoms with Crippen molar-refractivity contribution in [3.8, 4) is 0 Å². The third-order valence-electron chi connectivity index (χ3n) is 2.84. The summed E-state index contributed by atoms with van der Waals surface area (Å²) in [5, 5.41) is 10.1. The van der Waals surface area contributed by atoms with Crippen molar-refractivity contribution < 1.29 is 5.11 Å². The Labute approximate surface area is 122 Å². The second-order valence-corrected chi connectivity index (χ2v) is 5.77. The van der Waals surface area contributed by atoms with Crippen molar-refractivity contribution in [2.24, 2.45) is 5.73 Å². The van der Waals surface area contributed by atoms with Crippen LogP contribution in [0, 0.1) is 0 Å². The predicted molar refractivity (Wildman–Crippen MR) is 80.5 cm³/mol. The van der Waals surface area contributed by atoms with Gasteiger partial charge in [0.1, 0.15) is 0 Å². The van der Waals surface area contributed by atoms with E-state index >= 15 is 0 Å². The van der Waals surface area contributed by atoms with Crippen LogP contribution in [-0.4, -0.2) is 5.11 Å². The topological polar surface area (TPSA) is 46.2 Å². The molecule has 0 bridgehead atoms. The number of aliphatic hydroxyl groups excluding tert-OH is 1. The monoisotopic (exact) mass is 293 g/mol. The van der Waals surface area contributed by atoms with E-state index in [1.54, 1.807) is 11.8 Å². The maximum absolute atomic E-state index is 9.37. The van der Waals surface area contributed by atoms with Gasteiger partial charge >= 0.3 is 0 Å². The number of rotatable bonds is 4. The number of halogens is 1. The minimum absolute atomic E-state index is 0.0150. The van der Waals surface area contributed by atoms with Gasteiger partial charge in [0.05, 0.1) is 11.6 Å². The van der Waals surface area contributed by atoms with Crippen molar-refractivity contribution in [1.29, 1.82) is 0 Å². The Balaban J connectivity index is 2.43. The third kappa shape index (κ3) is 3.31. The summed E-state index contributed by atoms with van der Waals surface area (Å²) in [5.41, 5.74) is 7.90. The summed E-state index contributed by atoms with van der Waals surface area (Å²) in [4.78, 5) is 1.96. The first-order chi connectivity index (χ1) is 9.13. The highest BCUT2D eigenvalue weighted by Crippen LogP contribution is 2.39. The Bertz CT molecular complexity index is 572. The van der Waals surface area contributed by atoms with E-state index in [1.807, 2.05) is 49.4 Å². The molecule has 0 saturated heterocycles. The van der Waals surface area contributed by atoms with Crippen LogP contribution in [0.25, 0.3) is 0 Å². The van der Waals surface area contributed by atoms with Crippen LogP contribution < -0.4 is 5.73 Å². The predicted octanol–water partition coefficient (Wildman–Crippen LogP) is 4.00. The van der Waals surface area contributed by atoms with E-state index < -0.39 is 0 Å². The standard InChI is InChI=1S/C15H16ClNOS/c1-10(17)12-6-4-7-13(16)15(12)19-14-8-3-2-5-11(14)9-18/h2-8,10,18H,9,17H2,1H3. The normalized spacial score (nSPS) is 12.4. The van der Waals surface area contributed by atoms with Crippen LogP contribution >= 0.6 is 23.4 Å². The molecule has 2 aromatic carbocycles. The zero-order chi connectivity index (χ0) is 13.8. The van der Waals surface area contributed by atoms with E-state index in [1.165, 1.54) is 0 Å². The van der Waals surface area contributed by atoms with Crippen molar-refractivity contribution in [3.63, 3.8) is 0 Å². The molecule has 0 radical (unpaired) electrons. The van der Waals surface area contributed by atoms with E-state index in [0.29, 0.717) is 5.02 Å². The number of benzene rings is 2. The highest BCUT2D eigenvalue weighted by Gasteiger charge is 2.13. The average molecular weight is 294 g/mol. The zero-order valence-corrected chi connectivity index (χ0v) is 12.2. The average Bonchev–Trinajstić information content (AvgIpc) is 2.41. The van der Waals surface area contributed by atoms with Gasteiger partial charge in [-0.1, -0.05) is 53.7 Å². The Hall–Kier alpha value is -1.00. The van der Waals surface area contributed by atoms with Crippen LogP contribution in [0.15, 0.2) is 52.3 Å².